The Morgan fingerprint density at radius 1 is 1.28 bits per heavy atom. The number of likely N-dealkylation sites (tertiary alicyclic amines) is 1. The number of piperidine rings is 1. The molecule has 2 rings (SSSR count). The zero-order valence-corrected chi connectivity index (χ0v) is 10.7. The molecule has 1 amide bonds. The normalized spacial score (nSPS) is 16.4. The second kappa shape index (κ2) is 6.31. The van der Waals surface area contributed by atoms with Gasteiger partial charge < -0.3 is 0 Å². The second-order valence-corrected chi connectivity index (χ2v) is 4.61. The Morgan fingerprint density at radius 3 is 2.56 bits per heavy atom. The molecule has 0 spiro atoms. The molecule has 1 aromatic carbocycles. The molecule has 0 aliphatic carbocycles. The van der Waals surface area contributed by atoms with Gasteiger partial charge in [0, 0.05) is 45.1 Å². The zero-order valence-electron chi connectivity index (χ0n) is 10.7. The Kier molecular flexibility index (Phi) is 4.47. The fourth-order valence-electron chi connectivity index (χ4n) is 2.08. The summed E-state index contributed by atoms with van der Waals surface area (Å²) in [5.41, 5.74) is 4.95. The Balaban J connectivity index is 1.80. The van der Waals surface area contributed by atoms with Crippen LogP contribution in [0.5, 0.6) is 0 Å². The van der Waals surface area contributed by atoms with Crippen LogP contribution in [-0.4, -0.2) is 29.6 Å². The van der Waals surface area contributed by atoms with Crippen molar-refractivity contribution in [1.29, 1.82) is 0 Å². The van der Waals surface area contributed by atoms with Crippen molar-refractivity contribution in [3.8, 4) is 0 Å². The van der Waals surface area contributed by atoms with Crippen molar-refractivity contribution in [3.05, 3.63) is 35.9 Å². The molecule has 1 heterocycles. The maximum Gasteiger partial charge on any atom is 0.236 e. The number of amides is 1. The van der Waals surface area contributed by atoms with E-state index in [9.17, 15) is 4.79 Å². The Bertz CT molecular complexity index is 418. The molecule has 0 unspecified atom stereocenters. The Labute approximate surface area is 108 Å². The lowest BCUT2D eigenvalue weighted by Crippen LogP contribution is -2.34. The third-order valence-corrected chi connectivity index (χ3v) is 3.05. The summed E-state index contributed by atoms with van der Waals surface area (Å²) < 4.78 is 0. The van der Waals surface area contributed by atoms with Crippen LogP contribution in [0.3, 0.4) is 0 Å². The minimum atomic E-state index is -0.103. The first-order valence-electron chi connectivity index (χ1n) is 6.32. The molecule has 1 saturated heterocycles. The first-order chi connectivity index (χ1) is 8.74. The van der Waals surface area contributed by atoms with E-state index in [2.05, 4.69) is 39.7 Å². The highest BCUT2D eigenvalue weighted by Gasteiger charge is 2.15. The third-order valence-electron chi connectivity index (χ3n) is 3.05. The molecule has 4 heteroatoms. The summed E-state index contributed by atoms with van der Waals surface area (Å²) in [5.74, 6) is -0.103. The van der Waals surface area contributed by atoms with Crippen molar-refractivity contribution in [2.75, 3.05) is 13.1 Å². The summed E-state index contributed by atoms with van der Waals surface area (Å²) in [5, 5.41) is 4.11. The summed E-state index contributed by atoms with van der Waals surface area (Å²) in [4.78, 5) is 13.2. The topological polar surface area (TPSA) is 44.7 Å². The number of hydrogen-bond acceptors (Lipinski definition) is 3. The van der Waals surface area contributed by atoms with E-state index in [0.29, 0.717) is 0 Å². The van der Waals surface area contributed by atoms with Gasteiger partial charge in [-0.15, -0.1) is 0 Å². The van der Waals surface area contributed by atoms with Crippen LogP contribution in [0.15, 0.2) is 35.4 Å². The summed E-state index contributed by atoms with van der Waals surface area (Å²) in [6.45, 7) is 4.49. The number of benzene rings is 1. The molecular weight excluding hydrogens is 226 g/mol. The molecule has 1 fully saturated rings. The number of rotatable bonds is 3. The first kappa shape index (κ1) is 12.8. The van der Waals surface area contributed by atoms with Crippen LogP contribution < -0.4 is 5.43 Å². The minimum absolute atomic E-state index is 0.103. The van der Waals surface area contributed by atoms with E-state index in [4.69, 9.17) is 0 Å². The average molecular weight is 245 g/mol. The van der Waals surface area contributed by atoms with Crippen molar-refractivity contribution >= 4 is 11.6 Å². The zero-order chi connectivity index (χ0) is 12.8. The molecule has 4 nitrogen and oxygen atoms in total. The van der Waals surface area contributed by atoms with Gasteiger partial charge >= 0.3 is 0 Å². The SMILES string of the molecule is CC(=O)NN=C1CCN(Cc2ccccc2)CC1. The predicted molar refractivity (Wildman–Crippen MR) is 72.2 cm³/mol. The highest BCUT2D eigenvalue weighted by molar-refractivity contribution is 5.86. The largest absolute Gasteiger partial charge is 0.298 e. The first-order valence-corrected chi connectivity index (χ1v) is 6.32. The van der Waals surface area contributed by atoms with Gasteiger partial charge in [-0.1, -0.05) is 30.3 Å². The summed E-state index contributed by atoms with van der Waals surface area (Å²) >= 11 is 0. The van der Waals surface area contributed by atoms with Crippen LogP contribution in [0.4, 0.5) is 0 Å². The molecule has 1 aliphatic heterocycles. The third kappa shape index (κ3) is 3.96. The number of hydrazone groups is 1. The molecule has 0 saturated carbocycles. The monoisotopic (exact) mass is 245 g/mol. The van der Waals surface area contributed by atoms with Crippen LogP contribution in [0, 0.1) is 0 Å². The lowest BCUT2D eigenvalue weighted by molar-refractivity contribution is -0.118. The van der Waals surface area contributed by atoms with Gasteiger partial charge in [0.25, 0.3) is 0 Å². The molecule has 1 aromatic rings. The quantitative estimate of drug-likeness (QED) is 0.825. The van der Waals surface area contributed by atoms with E-state index >= 15 is 0 Å². The molecule has 1 aliphatic rings. The minimum Gasteiger partial charge on any atom is -0.298 e. The van der Waals surface area contributed by atoms with Crippen LogP contribution >= 0.6 is 0 Å². The van der Waals surface area contributed by atoms with E-state index in [1.54, 1.807) is 0 Å². The van der Waals surface area contributed by atoms with E-state index in [-0.39, 0.29) is 5.91 Å². The number of hydrogen-bond donors (Lipinski definition) is 1. The van der Waals surface area contributed by atoms with Gasteiger partial charge in [0.05, 0.1) is 0 Å². The summed E-state index contributed by atoms with van der Waals surface area (Å²) in [6.07, 6.45) is 1.88. The molecule has 96 valence electrons. The van der Waals surface area contributed by atoms with Crippen molar-refractivity contribution in [1.82, 2.24) is 10.3 Å². The highest BCUT2D eigenvalue weighted by atomic mass is 16.2. The van der Waals surface area contributed by atoms with E-state index < -0.39 is 0 Å². The van der Waals surface area contributed by atoms with Gasteiger partial charge in [-0.3, -0.25) is 9.69 Å². The molecule has 18 heavy (non-hydrogen) atoms. The van der Waals surface area contributed by atoms with Crippen LogP contribution in [0.2, 0.25) is 0 Å². The van der Waals surface area contributed by atoms with Crippen molar-refractivity contribution in [2.45, 2.75) is 26.3 Å². The van der Waals surface area contributed by atoms with Crippen LogP contribution in [-0.2, 0) is 11.3 Å². The lowest BCUT2D eigenvalue weighted by atomic mass is 10.1. The van der Waals surface area contributed by atoms with Gasteiger partial charge in [0.1, 0.15) is 0 Å². The number of carbonyl (C=O) groups is 1. The average Bonchev–Trinajstić information content (AvgIpc) is 2.39. The van der Waals surface area contributed by atoms with E-state index in [1.165, 1.54) is 12.5 Å². The number of nitrogens with one attached hydrogen (secondary N) is 1. The van der Waals surface area contributed by atoms with Gasteiger partial charge in [-0.2, -0.15) is 5.10 Å². The van der Waals surface area contributed by atoms with Crippen LogP contribution in [0.1, 0.15) is 25.3 Å². The fraction of sp³-hybridized carbons (Fsp3) is 0.429. The second-order valence-electron chi connectivity index (χ2n) is 4.61. The lowest BCUT2D eigenvalue weighted by Gasteiger charge is -2.27. The van der Waals surface area contributed by atoms with E-state index in [0.717, 1.165) is 38.2 Å². The smallest absolute Gasteiger partial charge is 0.236 e. The van der Waals surface area contributed by atoms with Crippen molar-refractivity contribution in [3.63, 3.8) is 0 Å². The molecular formula is C14H19N3O. The Morgan fingerprint density at radius 2 is 1.94 bits per heavy atom. The van der Waals surface area contributed by atoms with E-state index in [1.807, 2.05) is 6.07 Å². The highest BCUT2D eigenvalue weighted by Crippen LogP contribution is 2.11. The number of carbonyl (C=O) groups excluding carboxylic acids is 1. The summed E-state index contributed by atoms with van der Waals surface area (Å²) in [6, 6.07) is 10.5. The summed E-state index contributed by atoms with van der Waals surface area (Å²) in [7, 11) is 0. The van der Waals surface area contributed by atoms with Crippen molar-refractivity contribution < 1.29 is 4.79 Å². The molecule has 1 N–H and O–H groups in total. The molecule has 0 aromatic heterocycles. The van der Waals surface area contributed by atoms with Crippen LogP contribution in [0.25, 0.3) is 0 Å². The Hall–Kier alpha value is -1.68. The molecule has 0 atom stereocenters. The predicted octanol–water partition coefficient (Wildman–Crippen LogP) is 1.77. The van der Waals surface area contributed by atoms with Crippen molar-refractivity contribution in [2.24, 2.45) is 5.10 Å². The van der Waals surface area contributed by atoms with Gasteiger partial charge in [-0.05, 0) is 5.56 Å². The maximum atomic E-state index is 10.8. The van der Waals surface area contributed by atoms with Gasteiger partial charge in [0.2, 0.25) is 5.91 Å². The standard InChI is InChI=1S/C14H19N3O/c1-12(18)15-16-14-7-9-17(10-8-14)11-13-5-3-2-4-6-13/h2-6H,7-11H2,1H3,(H,15,18). The number of nitrogens with zero attached hydrogens (tertiary/aromatic N) is 2. The van der Waals surface area contributed by atoms with Gasteiger partial charge in [0.15, 0.2) is 0 Å². The fourth-order valence-corrected chi connectivity index (χ4v) is 2.08. The maximum absolute atomic E-state index is 10.8. The van der Waals surface area contributed by atoms with Gasteiger partial charge in [-0.25, -0.2) is 5.43 Å². The molecule has 0 bridgehead atoms. The molecule has 0 radical (unpaired) electrons.